The fourth-order valence-electron chi connectivity index (χ4n) is 9.05. The summed E-state index contributed by atoms with van der Waals surface area (Å²) in [5.74, 6) is -0.670. The maximum atomic E-state index is 13.2. The minimum atomic E-state index is -5.11. The summed E-state index contributed by atoms with van der Waals surface area (Å²) in [4.78, 5) is 13.2. The fraction of sp³-hybridized carbons (Fsp3) is 0.943. The molecule has 0 aromatic rings. The molecule has 1 heterocycles. The van der Waals surface area contributed by atoms with Gasteiger partial charge in [-0.3, -0.25) is 9.35 Å². The lowest BCUT2D eigenvalue weighted by Crippen LogP contribution is -2.61. The fourth-order valence-corrected chi connectivity index (χ4v) is 9.56. The number of hydrogen-bond donors (Lipinski definition) is 7. The van der Waals surface area contributed by atoms with Crippen LogP contribution >= 0.6 is 0 Å². The summed E-state index contributed by atoms with van der Waals surface area (Å²) >= 11 is 0. The predicted octanol–water partition coefficient (Wildman–Crippen LogP) is 11.3. The van der Waals surface area contributed by atoms with E-state index in [2.05, 4.69) is 35.5 Å². The second-order valence-corrected chi connectivity index (χ2v) is 20.7. The van der Waals surface area contributed by atoms with Crippen molar-refractivity contribution >= 4 is 16.3 Å². The Morgan fingerprint density at radius 3 is 1.34 bits per heavy atom. The van der Waals surface area contributed by atoms with Gasteiger partial charge in [0.1, 0.15) is 30.5 Å². The van der Waals surface area contributed by atoms with Crippen LogP contribution in [0.5, 0.6) is 0 Å². The molecule has 1 aliphatic heterocycles. The molecule has 1 rings (SSSR count). The van der Waals surface area contributed by atoms with E-state index < -0.39 is 78.5 Å². The standard InChI is InChI=1S/C53H103NO12S/c1-3-5-7-9-11-13-15-17-19-21-23-24-26-27-29-31-33-35-37-39-41-46(56)45(44-64-53-50(59)51(66-67(61,62)63)49(58)48(43-55)65-53)54-52(60)47(57)42-40-38-36-34-32-30-28-25-22-20-18-16-14-12-10-8-6-4-2/h22,25,45-51,53,55-59H,3-21,23-24,26-44H2,1-2H3,(H,54,60)(H,61,62,63)/b25-22-. The number of carbonyl (C=O) groups excluding carboxylic acids is 1. The largest absolute Gasteiger partial charge is 0.397 e. The SMILES string of the molecule is CCCCCCCCCC/C=C\CCCCCCCCC(O)C(=O)NC(COC1OC(CO)C(O)C(OS(=O)(=O)O)C1O)C(O)CCCCCCCCCCCCCCCCCCCCCC. The molecule has 67 heavy (non-hydrogen) atoms. The smallest absolute Gasteiger partial charge is 0.394 e. The van der Waals surface area contributed by atoms with Gasteiger partial charge in [0.2, 0.25) is 5.91 Å². The zero-order valence-electron chi connectivity index (χ0n) is 42.6. The first-order valence-electron chi connectivity index (χ1n) is 27.7. The average Bonchev–Trinajstić information content (AvgIpc) is 3.30. The zero-order chi connectivity index (χ0) is 49.2. The van der Waals surface area contributed by atoms with Crippen LogP contribution in [-0.4, -0.2) is 107 Å². The predicted molar refractivity (Wildman–Crippen MR) is 270 cm³/mol. The Hall–Kier alpha value is -1.20. The number of unbranched alkanes of at least 4 members (excludes halogenated alkanes) is 33. The van der Waals surface area contributed by atoms with E-state index in [0.29, 0.717) is 19.3 Å². The van der Waals surface area contributed by atoms with Crippen LogP contribution in [0.2, 0.25) is 0 Å². The Kier molecular flexibility index (Phi) is 41.5. The Bertz CT molecular complexity index is 1260. The van der Waals surface area contributed by atoms with Crippen LogP contribution in [-0.2, 0) is 28.9 Å². The first-order chi connectivity index (χ1) is 32.4. The lowest BCUT2D eigenvalue weighted by atomic mass is 9.99. The number of nitrogens with one attached hydrogen (secondary N) is 1. The van der Waals surface area contributed by atoms with Gasteiger partial charge in [-0.15, -0.1) is 0 Å². The molecule has 0 aromatic carbocycles. The van der Waals surface area contributed by atoms with Gasteiger partial charge in [0.05, 0.1) is 25.4 Å². The van der Waals surface area contributed by atoms with Gasteiger partial charge in [-0.05, 0) is 38.5 Å². The first-order valence-corrected chi connectivity index (χ1v) is 29.0. The molecular weight excluding hydrogens is 875 g/mol. The van der Waals surface area contributed by atoms with Crippen molar-refractivity contribution in [2.45, 2.75) is 307 Å². The van der Waals surface area contributed by atoms with Gasteiger partial charge in [-0.2, -0.15) is 8.42 Å². The van der Waals surface area contributed by atoms with Crippen LogP contribution < -0.4 is 5.32 Å². The molecule has 1 saturated heterocycles. The summed E-state index contributed by atoms with van der Waals surface area (Å²) < 4.78 is 47.8. The molecule has 8 unspecified atom stereocenters. The molecule has 0 aliphatic carbocycles. The minimum absolute atomic E-state index is 0.255. The summed E-state index contributed by atoms with van der Waals surface area (Å²) in [7, 11) is -5.11. The molecule has 7 N–H and O–H groups in total. The highest BCUT2D eigenvalue weighted by molar-refractivity contribution is 7.80. The molecule has 0 bridgehead atoms. The Balaban J connectivity index is 2.45. The van der Waals surface area contributed by atoms with Gasteiger partial charge < -0.3 is 40.3 Å². The maximum Gasteiger partial charge on any atom is 0.397 e. The van der Waals surface area contributed by atoms with Crippen LogP contribution in [0, 0.1) is 0 Å². The second kappa shape index (κ2) is 43.6. The third-order valence-electron chi connectivity index (χ3n) is 13.4. The van der Waals surface area contributed by atoms with Crippen LogP contribution in [0.15, 0.2) is 12.2 Å². The van der Waals surface area contributed by atoms with Gasteiger partial charge in [0.15, 0.2) is 6.29 Å². The molecular formula is C53H103NO12S. The minimum Gasteiger partial charge on any atom is -0.394 e. The van der Waals surface area contributed by atoms with Crippen molar-refractivity contribution in [3.05, 3.63) is 12.2 Å². The normalized spacial score (nSPS) is 20.4. The molecule has 398 valence electrons. The van der Waals surface area contributed by atoms with Crippen molar-refractivity contribution in [2.24, 2.45) is 0 Å². The highest BCUT2D eigenvalue weighted by Gasteiger charge is 2.48. The summed E-state index contributed by atoms with van der Waals surface area (Å²) in [5.41, 5.74) is 0. The zero-order valence-corrected chi connectivity index (χ0v) is 43.4. The quantitative estimate of drug-likeness (QED) is 0.0172. The molecule has 14 heteroatoms. The summed E-state index contributed by atoms with van der Waals surface area (Å²) in [6.45, 7) is 3.32. The van der Waals surface area contributed by atoms with Crippen molar-refractivity contribution in [3.63, 3.8) is 0 Å². The number of aliphatic hydroxyl groups excluding tert-OH is 5. The third kappa shape index (κ3) is 35.5. The van der Waals surface area contributed by atoms with Crippen LogP contribution in [0.1, 0.15) is 258 Å². The molecule has 1 aliphatic rings. The maximum absolute atomic E-state index is 13.2. The molecule has 13 nitrogen and oxygen atoms in total. The number of ether oxygens (including phenoxy) is 2. The van der Waals surface area contributed by atoms with Crippen LogP contribution in [0.3, 0.4) is 0 Å². The lowest BCUT2D eigenvalue weighted by Gasteiger charge is -2.41. The monoisotopic (exact) mass is 978 g/mol. The highest BCUT2D eigenvalue weighted by atomic mass is 32.3. The molecule has 0 saturated carbocycles. The van der Waals surface area contributed by atoms with E-state index in [0.717, 1.165) is 57.8 Å². The molecule has 1 amide bonds. The average molecular weight is 978 g/mol. The van der Waals surface area contributed by atoms with Gasteiger partial charge in [0.25, 0.3) is 0 Å². The van der Waals surface area contributed by atoms with Crippen LogP contribution in [0.4, 0.5) is 0 Å². The van der Waals surface area contributed by atoms with E-state index in [1.54, 1.807) is 0 Å². The van der Waals surface area contributed by atoms with Crippen molar-refractivity contribution in [1.82, 2.24) is 5.32 Å². The molecule has 0 aromatic heterocycles. The number of amides is 1. The number of rotatable bonds is 48. The Morgan fingerprint density at radius 1 is 0.582 bits per heavy atom. The van der Waals surface area contributed by atoms with Gasteiger partial charge in [-0.1, -0.05) is 231 Å². The molecule has 0 radical (unpaired) electrons. The number of aliphatic hydroxyl groups is 5. The first kappa shape index (κ1) is 63.8. The van der Waals surface area contributed by atoms with E-state index in [4.69, 9.17) is 9.47 Å². The van der Waals surface area contributed by atoms with E-state index in [9.17, 15) is 43.3 Å². The van der Waals surface area contributed by atoms with Gasteiger partial charge >= 0.3 is 10.4 Å². The molecule has 0 spiro atoms. The van der Waals surface area contributed by atoms with Crippen molar-refractivity contribution in [1.29, 1.82) is 0 Å². The van der Waals surface area contributed by atoms with E-state index in [-0.39, 0.29) is 6.42 Å². The van der Waals surface area contributed by atoms with Crippen molar-refractivity contribution < 1.29 is 57.0 Å². The second-order valence-electron chi connectivity index (χ2n) is 19.7. The highest BCUT2D eigenvalue weighted by Crippen LogP contribution is 2.26. The van der Waals surface area contributed by atoms with Crippen LogP contribution in [0.25, 0.3) is 0 Å². The summed E-state index contributed by atoms with van der Waals surface area (Å²) in [6, 6.07) is -1.03. The van der Waals surface area contributed by atoms with Crippen molar-refractivity contribution in [2.75, 3.05) is 13.2 Å². The topological polar surface area (TPSA) is 212 Å². The number of allylic oxidation sites excluding steroid dienone is 2. The summed E-state index contributed by atoms with van der Waals surface area (Å²) in [6.07, 6.45) is 38.1. The van der Waals surface area contributed by atoms with E-state index in [1.165, 1.54) is 161 Å². The lowest BCUT2D eigenvalue weighted by molar-refractivity contribution is -0.298. The molecule has 1 fully saturated rings. The van der Waals surface area contributed by atoms with Gasteiger partial charge in [-0.25, -0.2) is 4.18 Å². The van der Waals surface area contributed by atoms with Crippen molar-refractivity contribution in [3.8, 4) is 0 Å². The Morgan fingerprint density at radius 2 is 0.955 bits per heavy atom. The molecule has 8 atom stereocenters. The van der Waals surface area contributed by atoms with E-state index in [1.807, 2.05) is 0 Å². The Labute approximate surface area is 409 Å². The number of carbonyl (C=O) groups is 1. The van der Waals surface area contributed by atoms with E-state index >= 15 is 0 Å². The summed E-state index contributed by atoms with van der Waals surface area (Å²) in [5, 5.41) is 55.6. The number of hydrogen-bond acceptors (Lipinski definition) is 11. The van der Waals surface area contributed by atoms with Gasteiger partial charge in [0, 0.05) is 0 Å². The third-order valence-corrected chi connectivity index (χ3v) is 13.9.